The fourth-order valence-corrected chi connectivity index (χ4v) is 3.83. The van der Waals surface area contributed by atoms with Crippen molar-refractivity contribution in [3.63, 3.8) is 0 Å². The Hall–Kier alpha value is -4.39. The predicted octanol–water partition coefficient (Wildman–Crippen LogP) is 4.39. The Morgan fingerprint density at radius 1 is 0.970 bits per heavy atom. The summed E-state index contributed by atoms with van der Waals surface area (Å²) in [5.41, 5.74) is 4.22. The third-order valence-corrected chi connectivity index (χ3v) is 5.38. The largest absolute Gasteiger partial charge is 0.324 e. The van der Waals surface area contributed by atoms with Gasteiger partial charge >= 0.3 is 0 Å². The number of benzene rings is 3. The van der Waals surface area contributed by atoms with Crippen LogP contribution in [0.2, 0.25) is 0 Å². The Labute approximate surface area is 190 Å². The number of carbonyl (C=O) groups is 1. The van der Waals surface area contributed by atoms with Crippen LogP contribution in [0.15, 0.2) is 89.9 Å². The lowest BCUT2D eigenvalue weighted by molar-refractivity contribution is -0.117. The van der Waals surface area contributed by atoms with Crippen LogP contribution in [0.4, 0.5) is 4.39 Å². The molecule has 1 aliphatic rings. The maximum Gasteiger partial charge on any atom is 0.245 e. The number of hydrogen-bond donors (Lipinski definition) is 1. The number of carbonyl (C=O) groups excluding carboxylic acids is 1. The van der Waals surface area contributed by atoms with Gasteiger partial charge in [-0.3, -0.25) is 14.4 Å². The van der Waals surface area contributed by atoms with Gasteiger partial charge < -0.3 is 5.32 Å². The molecule has 0 spiro atoms. The molecular weight excluding hydrogens is 417 g/mol. The summed E-state index contributed by atoms with van der Waals surface area (Å²) in [7, 11) is 0. The molecule has 6 nitrogen and oxygen atoms in total. The number of nitrogens with one attached hydrogen (secondary N) is 1. The first-order chi connectivity index (χ1) is 16.1. The molecule has 3 aromatic carbocycles. The summed E-state index contributed by atoms with van der Waals surface area (Å²) >= 11 is 0. The van der Waals surface area contributed by atoms with Gasteiger partial charge in [0.05, 0.1) is 11.4 Å². The molecule has 1 aromatic heterocycles. The third-order valence-electron chi connectivity index (χ3n) is 5.38. The quantitative estimate of drug-likeness (QED) is 0.481. The fraction of sp³-hybridized carbons (Fsp3) is 0.0769. The Kier molecular flexibility index (Phi) is 5.36. The van der Waals surface area contributed by atoms with E-state index in [2.05, 4.69) is 15.5 Å². The number of amides is 1. The Morgan fingerprint density at radius 2 is 1.70 bits per heavy atom. The molecular formula is C26H20FN5O. The molecule has 4 aromatic rings. The van der Waals surface area contributed by atoms with Crippen LogP contribution < -0.4 is 5.32 Å². The fourth-order valence-electron chi connectivity index (χ4n) is 3.83. The van der Waals surface area contributed by atoms with E-state index in [1.807, 2.05) is 66.1 Å². The lowest BCUT2D eigenvalue weighted by atomic mass is 10.0. The second-order valence-electron chi connectivity index (χ2n) is 7.60. The molecule has 7 heteroatoms. The van der Waals surface area contributed by atoms with Gasteiger partial charge in [-0.25, -0.2) is 4.39 Å². The summed E-state index contributed by atoms with van der Waals surface area (Å²) in [6, 6.07) is 23.6. The monoisotopic (exact) mass is 437 g/mol. The number of aliphatic imine (C=N–C) groups is 1. The van der Waals surface area contributed by atoms with Crippen LogP contribution in [0.1, 0.15) is 34.5 Å². The molecule has 0 aliphatic carbocycles. The molecule has 1 aliphatic heterocycles. The van der Waals surface area contributed by atoms with Crippen LogP contribution in [-0.4, -0.2) is 26.4 Å². The van der Waals surface area contributed by atoms with Crippen molar-refractivity contribution in [2.24, 2.45) is 4.99 Å². The molecule has 1 atom stereocenters. The Morgan fingerprint density at radius 3 is 2.48 bits per heavy atom. The number of para-hydroxylation sites is 1. The van der Waals surface area contributed by atoms with E-state index in [-0.39, 0.29) is 11.7 Å². The summed E-state index contributed by atoms with van der Waals surface area (Å²) in [6.45, 7) is 1.87. The van der Waals surface area contributed by atoms with Gasteiger partial charge in [-0.05, 0) is 36.8 Å². The summed E-state index contributed by atoms with van der Waals surface area (Å²) in [5.74, 6) is 0.545. The molecule has 1 amide bonds. The zero-order valence-corrected chi connectivity index (χ0v) is 17.8. The maximum absolute atomic E-state index is 13.1. The van der Waals surface area contributed by atoms with Gasteiger partial charge in [-0.2, -0.15) is 0 Å². The zero-order chi connectivity index (χ0) is 22.8. The van der Waals surface area contributed by atoms with Crippen LogP contribution >= 0.6 is 0 Å². The van der Waals surface area contributed by atoms with Crippen LogP contribution in [0.25, 0.3) is 11.8 Å². The molecule has 2 heterocycles. The number of aromatic nitrogens is 3. The minimum Gasteiger partial charge on any atom is -0.324 e. The number of aryl methyl sites for hydroxylation is 1. The van der Waals surface area contributed by atoms with Gasteiger partial charge in [0.2, 0.25) is 5.91 Å². The van der Waals surface area contributed by atoms with Crippen molar-refractivity contribution in [3.8, 4) is 5.69 Å². The van der Waals surface area contributed by atoms with E-state index in [9.17, 15) is 9.18 Å². The van der Waals surface area contributed by atoms with Gasteiger partial charge in [-0.1, -0.05) is 60.7 Å². The van der Waals surface area contributed by atoms with Gasteiger partial charge in [0.1, 0.15) is 11.6 Å². The van der Waals surface area contributed by atoms with E-state index in [1.54, 1.807) is 18.2 Å². The Bertz CT molecular complexity index is 1370. The van der Waals surface area contributed by atoms with Crippen molar-refractivity contribution in [2.45, 2.75) is 13.1 Å². The first kappa shape index (κ1) is 20.5. The highest BCUT2D eigenvalue weighted by atomic mass is 19.1. The van der Waals surface area contributed by atoms with Gasteiger partial charge in [0.25, 0.3) is 0 Å². The smallest absolute Gasteiger partial charge is 0.245 e. The van der Waals surface area contributed by atoms with E-state index in [0.717, 1.165) is 22.5 Å². The molecule has 33 heavy (non-hydrogen) atoms. The summed E-state index contributed by atoms with van der Waals surface area (Å²) in [4.78, 5) is 17.7. The van der Waals surface area contributed by atoms with Gasteiger partial charge in [0.15, 0.2) is 12.0 Å². The van der Waals surface area contributed by atoms with E-state index in [4.69, 9.17) is 4.99 Å². The van der Waals surface area contributed by atoms with Crippen molar-refractivity contribution in [1.82, 2.24) is 20.1 Å². The summed E-state index contributed by atoms with van der Waals surface area (Å²) in [6.07, 6.45) is 2.27. The van der Waals surface area contributed by atoms with Crippen LogP contribution in [0.3, 0.4) is 0 Å². The van der Waals surface area contributed by atoms with Crippen LogP contribution in [0.5, 0.6) is 0 Å². The molecule has 0 fully saturated rings. The van der Waals surface area contributed by atoms with Crippen molar-refractivity contribution in [2.75, 3.05) is 0 Å². The van der Waals surface area contributed by atoms with Crippen LogP contribution in [-0.2, 0) is 4.79 Å². The van der Waals surface area contributed by atoms with Gasteiger partial charge in [0, 0.05) is 17.2 Å². The molecule has 0 saturated heterocycles. The third kappa shape index (κ3) is 4.08. The average molecular weight is 437 g/mol. The summed E-state index contributed by atoms with van der Waals surface area (Å²) in [5, 5.41) is 11.5. The van der Waals surface area contributed by atoms with E-state index in [0.29, 0.717) is 17.2 Å². The maximum atomic E-state index is 13.1. The minimum atomic E-state index is -0.751. The van der Waals surface area contributed by atoms with Crippen molar-refractivity contribution >= 4 is 17.7 Å². The number of nitrogens with zero attached hydrogens (tertiary/aromatic N) is 4. The highest BCUT2D eigenvalue weighted by Gasteiger charge is 2.28. The lowest BCUT2D eigenvalue weighted by Crippen LogP contribution is -2.28. The second-order valence-corrected chi connectivity index (χ2v) is 7.60. The molecule has 0 radical (unpaired) electrons. The second kappa shape index (κ2) is 8.63. The molecule has 0 saturated carbocycles. The average Bonchev–Trinajstić information content (AvgIpc) is 3.16. The highest BCUT2D eigenvalue weighted by molar-refractivity contribution is 6.15. The van der Waals surface area contributed by atoms with E-state index < -0.39 is 6.17 Å². The minimum absolute atomic E-state index is 0.327. The first-order valence-corrected chi connectivity index (χ1v) is 10.5. The number of fused-ring (bicyclic) bond motifs is 3. The molecule has 162 valence electrons. The SMILES string of the molecule is Cc1nnc2n1-c1ccccc1C(c1ccccc1)=NC2NC(=O)C=Cc1ccc(F)cc1. The normalized spacial score (nSPS) is 14.8. The van der Waals surface area contributed by atoms with Crippen molar-refractivity contribution < 1.29 is 9.18 Å². The molecule has 1 unspecified atom stereocenters. The topological polar surface area (TPSA) is 72.2 Å². The van der Waals surface area contributed by atoms with Crippen molar-refractivity contribution in [3.05, 3.63) is 119 Å². The summed E-state index contributed by atoms with van der Waals surface area (Å²) < 4.78 is 15.1. The van der Waals surface area contributed by atoms with Crippen molar-refractivity contribution in [1.29, 1.82) is 0 Å². The number of rotatable bonds is 4. The standard InChI is InChI=1S/C26H20FN5O/c1-17-30-31-26-25(28-23(33)16-13-18-11-14-20(27)15-12-18)29-24(19-7-3-2-4-8-19)21-9-5-6-10-22(21)32(17)26/h2-16,25H,1H3,(H,28,33). The first-order valence-electron chi connectivity index (χ1n) is 10.5. The Balaban J connectivity index is 1.56. The number of halogens is 1. The highest BCUT2D eigenvalue weighted by Crippen LogP contribution is 2.29. The number of hydrogen-bond acceptors (Lipinski definition) is 4. The molecule has 1 N–H and O–H groups in total. The van der Waals surface area contributed by atoms with Crippen LogP contribution in [0, 0.1) is 12.7 Å². The van der Waals surface area contributed by atoms with E-state index in [1.165, 1.54) is 18.2 Å². The van der Waals surface area contributed by atoms with E-state index >= 15 is 0 Å². The molecule has 0 bridgehead atoms. The lowest BCUT2D eigenvalue weighted by Gasteiger charge is -2.13. The predicted molar refractivity (Wildman–Crippen MR) is 124 cm³/mol. The van der Waals surface area contributed by atoms with Gasteiger partial charge in [-0.15, -0.1) is 10.2 Å². The molecule has 5 rings (SSSR count). The zero-order valence-electron chi connectivity index (χ0n) is 17.8.